The molecular weight excluding hydrogens is 170 g/mol. The van der Waals surface area contributed by atoms with Gasteiger partial charge in [0.05, 0.1) is 0 Å². The fourth-order valence-electron chi connectivity index (χ4n) is 1.43. The first-order chi connectivity index (χ1) is 6.52. The van der Waals surface area contributed by atoms with Crippen molar-refractivity contribution in [3.8, 4) is 11.8 Å². The van der Waals surface area contributed by atoms with Crippen LogP contribution in [0.15, 0.2) is 0 Å². The summed E-state index contributed by atoms with van der Waals surface area (Å²) in [6, 6.07) is 0. The topological polar surface area (TPSA) is 3.24 Å². The van der Waals surface area contributed by atoms with Crippen LogP contribution < -0.4 is 0 Å². The molecule has 82 valence electrons. The van der Waals surface area contributed by atoms with Gasteiger partial charge in [0.2, 0.25) is 0 Å². The van der Waals surface area contributed by atoms with Crippen molar-refractivity contribution >= 4 is 0 Å². The molecule has 0 aromatic heterocycles. The quantitative estimate of drug-likeness (QED) is 0.481. The van der Waals surface area contributed by atoms with Crippen molar-refractivity contribution in [1.29, 1.82) is 0 Å². The summed E-state index contributed by atoms with van der Waals surface area (Å²) in [5, 5.41) is 0. The maximum atomic E-state index is 3.22. The minimum atomic E-state index is 0.517. The summed E-state index contributed by atoms with van der Waals surface area (Å²) in [6.07, 6.45) is 2.24. The molecule has 0 amide bonds. The number of nitrogens with zero attached hydrogens (tertiary/aromatic N) is 1. The Morgan fingerprint density at radius 2 is 1.79 bits per heavy atom. The predicted octanol–water partition coefficient (Wildman–Crippen LogP) is 3.01. The third-order valence-electron chi connectivity index (χ3n) is 1.91. The van der Waals surface area contributed by atoms with Gasteiger partial charge < -0.3 is 4.90 Å². The lowest BCUT2D eigenvalue weighted by atomic mass is 10.2. The summed E-state index contributed by atoms with van der Waals surface area (Å²) >= 11 is 0. The van der Waals surface area contributed by atoms with Gasteiger partial charge in [0, 0.05) is 18.9 Å². The molecule has 0 saturated carbocycles. The van der Waals surface area contributed by atoms with Crippen molar-refractivity contribution in [2.45, 2.75) is 40.5 Å². The highest BCUT2D eigenvalue weighted by molar-refractivity contribution is 5.00. The van der Waals surface area contributed by atoms with Crippen LogP contribution in [-0.4, -0.2) is 25.0 Å². The molecule has 0 aliphatic rings. The summed E-state index contributed by atoms with van der Waals surface area (Å²) in [6.45, 7) is 11.2. The van der Waals surface area contributed by atoms with Crippen LogP contribution in [0, 0.1) is 23.7 Å². The summed E-state index contributed by atoms with van der Waals surface area (Å²) in [7, 11) is 2.19. The largest absolute Gasteiger partial charge is 0.306 e. The molecule has 1 nitrogen and oxygen atoms in total. The fraction of sp³-hybridized carbons (Fsp3) is 0.846. The molecular formula is C13H25N. The lowest BCUT2D eigenvalue weighted by Crippen LogP contribution is -2.24. The van der Waals surface area contributed by atoms with Gasteiger partial charge >= 0.3 is 0 Å². The number of unbranched alkanes of at least 4 members (excludes halogenated alkanes) is 1. The Labute approximate surface area is 89.9 Å². The van der Waals surface area contributed by atoms with Crippen LogP contribution in [0.2, 0.25) is 0 Å². The van der Waals surface area contributed by atoms with Gasteiger partial charge in [-0.15, -0.1) is 11.8 Å². The number of hydrogen-bond donors (Lipinski definition) is 0. The van der Waals surface area contributed by atoms with E-state index in [4.69, 9.17) is 0 Å². The molecule has 0 unspecified atom stereocenters. The Morgan fingerprint density at radius 1 is 1.14 bits per heavy atom. The first-order valence-electron chi connectivity index (χ1n) is 5.69. The summed E-state index contributed by atoms with van der Waals surface area (Å²) < 4.78 is 0. The van der Waals surface area contributed by atoms with Crippen LogP contribution in [0.25, 0.3) is 0 Å². The molecule has 0 aromatic rings. The Bertz CT molecular complexity index is 183. The minimum Gasteiger partial charge on any atom is -0.306 e. The van der Waals surface area contributed by atoms with Gasteiger partial charge in [-0.3, -0.25) is 0 Å². The van der Waals surface area contributed by atoms with E-state index in [-0.39, 0.29) is 0 Å². The van der Waals surface area contributed by atoms with Crippen molar-refractivity contribution < 1.29 is 0 Å². The average molecular weight is 195 g/mol. The molecule has 0 bridgehead atoms. The second-order valence-electron chi connectivity index (χ2n) is 4.74. The van der Waals surface area contributed by atoms with Crippen LogP contribution in [0.1, 0.15) is 40.5 Å². The van der Waals surface area contributed by atoms with Crippen LogP contribution in [-0.2, 0) is 0 Å². The average Bonchev–Trinajstić information content (AvgIpc) is 2.01. The van der Waals surface area contributed by atoms with E-state index < -0.39 is 0 Å². The summed E-state index contributed by atoms with van der Waals surface area (Å²) in [4.78, 5) is 2.39. The maximum absolute atomic E-state index is 3.22. The standard InChI is InChI=1S/C13H25N/c1-12(2)9-7-6-8-10-14(5)11-13(3)4/h12-13H,6,8,10-11H2,1-5H3. The van der Waals surface area contributed by atoms with Crippen LogP contribution in [0.3, 0.4) is 0 Å². The molecule has 0 heterocycles. The third kappa shape index (κ3) is 9.61. The minimum absolute atomic E-state index is 0.517. The molecule has 1 heteroatoms. The fourth-order valence-corrected chi connectivity index (χ4v) is 1.43. The van der Waals surface area contributed by atoms with Crippen molar-refractivity contribution in [3.63, 3.8) is 0 Å². The Hall–Kier alpha value is -0.480. The van der Waals surface area contributed by atoms with Gasteiger partial charge in [-0.05, 0) is 25.9 Å². The van der Waals surface area contributed by atoms with Gasteiger partial charge in [-0.1, -0.05) is 27.7 Å². The lowest BCUT2D eigenvalue weighted by molar-refractivity contribution is 0.293. The SMILES string of the molecule is CC(C)C#CCCCN(C)CC(C)C. The van der Waals surface area contributed by atoms with Crippen molar-refractivity contribution in [2.75, 3.05) is 20.1 Å². The Balaban J connectivity index is 3.41. The molecule has 0 aromatic carbocycles. The second kappa shape index (κ2) is 7.88. The van der Waals surface area contributed by atoms with E-state index in [1.807, 2.05) is 0 Å². The second-order valence-corrected chi connectivity index (χ2v) is 4.74. The van der Waals surface area contributed by atoms with Gasteiger partial charge in [-0.2, -0.15) is 0 Å². The predicted molar refractivity (Wildman–Crippen MR) is 64.2 cm³/mol. The van der Waals surface area contributed by atoms with Crippen LogP contribution in [0.5, 0.6) is 0 Å². The summed E-state index contributed by atoms with van der Waals surface area (Å²) in [5.74, 6) is 7.69. The number of hydrogen-bond acceptors (Lipinski definition) is 1. The van der Waals surface area contributed by atoms with E-state index in [9.17, 15) is 0 Å². The summed E-state index contributed by atoms with van der Waals surface area (Å²) in [5.41, 5.74) is 0. The van der Waals surface area contributed by atoms with E-state index in [0.717, 1.165) is 12.3 Å². The highest BCUT2D eigenvalue weighted by atomic mass is 15.1. The van der Waals surface area contributed by atoms with E-state index in [1.54, 1.807) is 0 Å². The molecule has 0 N–H and O–H groups in total. The zero-order valence-electron chi connectivity index (χ0n) is 10.4. The highest BCUT2D eigenvalue weighted by Gasteiger charge is 1.99. The first-order valence-corrected chi connectivity index (χ1v) is 5.69. The molecule has 0 aliphatic carbocycles. The molecule has 14 heavy (non-hydrogen) atoms. The molecule has 0 fully saturated rings. The first kappa shape index (κ1) is 13.5. The van der Waals surface area contributed by atoms with Gasteiger partial charge in [0.15, 0.2) is 0 Å². The molecule has 0 saturated heterocycles. The molecule has 0 rings (SSSR count). The molecule has 0 spiro atoms. The van der Waals surface area contributed by atoms with Crippen molar-refractivity contribution in [2.24, 2.45) is 11.8 Å². The van der Waals surface area contributed by atoms with E-state index in [0.29, 0.717) is 5.92 Å². The smallest absolute Gasteiger partial charge is 0.0146 e. The lowest BCUT2D eigenvalue weighted by Gasteiger charge is -2.17. The van der Waals surface area contributed by atoms with Gasteiger partial charge in [-0.25, -0.2) is 0 Å². The highest BCUT2D eigenvalue weighted by Crippen LogP contribution is 1.98. The van der Waals surface area contributed by atoms with E-state index >= 15 is 0 Å². The van der Waals surface area contributed by atoms with Gasteiger partial charge in [0.25, 0.3) is 0 Å². The maximum Gasteiger partial charge on any atom is 0.0146 e. The zero-order chi connectivity index (χ0) is 11.0. The Morgan fingerprint density at radius 3 is 2.29 bits per heavy atom. The zero-order valence-corrected chi connectivity index (χ0v) is 10.4. The van der Waals surface area contributed by atoms with Gasteiger partial charge in [0.1, 0.15) is 0 Å². The van der Waals surface area contributed by atoms with Crippen molar-refractivity contribution in [1.82, 2.24) is 4.90 Å². The normalized spacial score (nSPS) is 10.9. The van der Waals surface area contributed by atoms with Crippen molar-refractivity contribution in [3.05, 3.63) is 0 Å². The monoisotopic (exact) mass is 195 g/mol. The molecule has 0 radical (unpaired) electrons. The van der Waals surface area contributed by atoms with E-state index in [1.165, 1.54) is 19.5 Å². The molecule has 0 aliphatic heterocycles. The third-order valence-corrected chi connectivity index (χ3v) is 1.91. The number of rotatable bonds is 5. The van der Waals surface area contributed by atoms with Crippen LogP contribution in [0.4, 0.5) is 0 Å². The van der Waals surface area contributed by atoms with E-state index in [2.05, 4.69) is 51.5 Å². The molecule has 0 atom stereocenters. The van der Waals surface area contributed by atoms with Crippen LogP contribution >= 0.6 is 0 Å². The Kier molecular flexibility index (Phi) is 7.61.